The van der Waals surface area contributed by atoms with Gasteiger partial charge in [-0.1, -0.05) is 60.7 Å². The summed E-state index contributed by atoms with van der Waals surface area (Å²) in [6.07, 6.45) is -4.51. The number of ether oxygens (including phenoxy) is 2. The summed E-state index contributed by atoms with van der Waals surface area (Å²) in [6, 6.07) is 26.8. The van der Waals surface area contributed by atoms with Crippen LogP contribution in [0.3, 0.4) is 0 Å². The van der Waals surface area contributed by atoms with Gasteiger partial charge in [-0.2, -0.15) is 18.4 Å². The molecule has 0 amide bonds. The number of nitriles is 1. The van der Waals surface area contributed by atoms with E-state index in [1.165, 1.54) is 12.1 Å². The Morgan fingerprint density at radius 2 is 1.59 bits per heavy atom. The highest BCUT2D eigenvalue weighted by Gasteiger charge is 2.30. The lowest BCUT2D eigenvalue weighted by Crippen LogP contribution is -2.08. The lowest BCUT2D eigenvalue weighted by Gasteiger charge is -2.14. The van der Waals surface area contributed by atoms with Crippen molar-refractivity contribution in [2.75, 3.05) is 13.2 Å². The van der Waals surface area contributed by atoms with E-state index in [0.717, 1.165) is 39.2 Å². The topological polar surface area (TPSA) is 58.4 Å². The van der Waals surface area contributed by atoms with Crippen molar-refractivity contribution in [2.45, 2.75) is 12.3 Å². The molecule has 1 aliphatic rings. The summed E-state index contributed by atoms with van der Waals surface area (Å²) in [4.78, 5) is 4.65. The van der Waals surface area contributed by atoms with Crippen molar-refractivity contribution in [1.82, 2.24) is 4.98 Å². The van der Waals surface area contributed by atoms with Gasteiger partial charge >= 0.3 is 6.18 Å². The van der Waals surface area contributed by atoms with Crippen LogP contribution >= 0.6 is 0 Å². The fourth-order valence-electron chi connectivity index (χ4n) is 4.46. The molecule has 0 radical (unpaired) electrons. The van der Waals surface area contributed by atoms with Crippen LogP contribution in [0.1, 0.15) is 11.1 Å². The van der Waals surface area contributed by atoms with Crippen LogP contribution in [0.25, 0.3) is 43.9 Å². The minimum atomic E-state index is -4.45. The average Bonchev–Trinajstić information content (AvgIpc) is 3.75. The first-order valence-electron chi connectivity index (χ1n) is 11.7. The minimum absolute atomic E-state index is 0.0551. The highest BCUT2D eigenvalue weighted by atomic mass is 19.4. The van der Waals surface area contributed by atoms with Crippen LogP contribution in [0.2, 0.25) is 0 Å². The zero-order chi connectivity index (χ0) is 25.6. The quantitative estimate of drug-likeness (QED) is 0.188. The van der Waals surface area contributed by atoms with Gasteiger partial charge in [0.25, 0.3) is 0 Å². The molecule has 1 unspecified atom stereocenters. The van der Waals surface area contributed by atoms with E-state index in [1.807, 2.05) is 36.4 Å². The Labute approximate surface area is 210 Å². The van der Waals surface area contributed by atoms with Crippen molar-refractivity contribution in [2.24, 2.45) is 0 Å². The molecule has 4 aromatic carbocycles. The maximum atomic E-state index is 13.1. The first-order valence-corrected chi connectivity index (χ1v) is 11.7. The lowest BCUT2D eigenvalue weighted by molar-refractivity contribution is -0.137. The second kappa shape index (κ2) is 8.91. The number of pyridine rings is 1. The van der Waals surface area contributed by atoms with Gasteiger partial charge < -0.3 is 9.47 Å². The molecule has 182 valence electrons. The average molecular weight is 496 g/mol. The zero-order valence-electron chi connectivity index (χ0n) is 19.4. The summed E-state index contributed by atoms with van der Waals surface area (Å²) in [5.41, 5.74) is 1.67. The molecule has 7 heteroatoms. The van der Waals surface area contributed by atoms with Gasteiger partial charge in [0.2, 0.25) is 5.88 Å². The third-order valence-electron chi connectivity index (χ3n) is 6.47. The summed E-state index contributed by atoms with van der Waals surface area (Å²) < 4.78 is 50.5. The Balaban J connectivity index is 1.49. The van der Waals surface area contributed by atoms with Crippen LogP contribution in [0.15, 0.2) is 84.9 Å². The fourth-order valence-corrected chi connectivity index (χ4v) is 4.46. The van der Waals surface area contributed by atoms with E-state index >= 15 is 0 Å². The van der Waals surface area contributed by atoms with E-state index in [1.54, 1.807) is 6.07 Å². The van der Waals surface area contributed by atoms with Crippen LogP contribution < -0.4 is 4.74 Å². The molecule has 0 aliphatic carbocycles. The third-order valence-corrected chi connectivity index (χ3v) is 6.47. The number of alkyl halides is 3. The Kier molecular flexibility index (Phi) is 5.54. The van der Waals surface area contributed by atoms with E-state index in [4.69, 9.17) is 9.47 Å². The standard InChI is InChI=1S/C30H19F3N2O2/c31-30(32,33)22-10-7-19(8-11-22)26-14-28(35-29(27(26)15-34)37-17-23-16-36-23)21-9-12-25-20(13-21)6-5-18-3-1-2-4-24(18)25/h1-14,23H,16-17H2. The van der Waals surface area contributed by atoms with Gasteiger partial charge in [0.05, 0.1) is 17.9 Å². The van der Waals surface area contributed by atoms with Crippen LogP contribution in [-0.4, -0.2) is 24.3 Å². The normalized spacial score (nSPS) is 15.0. The maximum Gasteiger partial charge on any atom is 0.416 e. The van der Waals surface area contributed by atoms with E-state index in [9.17, 15) is 18.4 Å². The van der Waals surface area contributed by atoms with Crippen LogP contribution in [0.4, 0.5) is 13.2 Å². The molecule has 5 aromatic rings. The summed E-state index contributed by atoms with van der Waals surface area (Å²) in [6.45, 7) is 0.813. The predicted molar refractivity (Wildman–Crippen MR) is 135 cm³/mol. The van der Waals surface area contributed by atoms with Gasteiger partial charge in [-0.3, -0.25) is 0 Å². The lowest BCUT2D eigenvalue weighted by atomic mass is 9.96. The second-order valence-electron chi connectivity index (χ2n) is 8.91. The second-order valence-corrected chi connectivity index (χ2v) is 8.91. The van der Waals surface area contributed by atoms with Crippen molar-refractivity contribution >= 4 is 21.5 Å². The fraction of sp³-hybridized carbons (Fsp3) is 0.133. The van der Waals surface area contributed by atoms with Crippen molar-refractivity contribution in [3.8, 4) is 34.3 Å². The molecule has 0 saturated carbocycles. The number of aromatic nitrogens is 1. The Morgan fingerprint density at radius 3 is 2.32 bits per heavy atom. The Bertz CT molecular complexity index is 1680. The monoisotopic (exact) mass is 496 g/mol. The van der Waals surface area contributed by atoms with Gasteiger partial charge in [0.1, 0.15) is 24.3 Å². The Hall–Kier alpha value is -4.41. The highest BCUT2D eigenvalue weighted by Crippen LogP contribution is 2.37. The number of nitrogens with zero attached hydrogens (tertiary/aromatic N) is 2. The van der Waals surface area contributed by atoms with Gasteiger partial charge in [0.15, 0.2) is 0 Å². The summed E-state index contributed by atoms with van der Waals surface area (Å²) >= 11 is 0. The Morgan fingerprint density at radius 1 is 0.892 bits per heavy atom. The van der Waals surface area contributed by atoms with E-state index < -0.39 is 11.7 Å². The SMILES string of the molecule is N#Cc1c(-c2ccc(C(F)(F)F)cc2)cc(-c2ccc3c(ccc4ccccc43)c2)nc1OCC1CO1. The van der Waals surface area contributed by atoms with E-state index in [0.29, 0.717) is 23.4 Å². The number of hydrogen-bond acceptors (Lipinski definition) is 4. The van der Waals surface area contributed by atoms with E-state index in [-0.39, 0.29) is 24.2 Å². The molecule has 0 bridgehead atoms. The minimum Gasteiger partial charge on any atom is -0.474 e. The molecule has 1 saturated heterocycles. The largest absolute Gasteiger partial charge is 0.474 e. The van der Waals surface area contributed by atoms with Crippen molar-refractivity contribution in [1.29, 1.82) is 5.26 Å². The van der Waals surface area contributed by atoms with Crippen molar-refractivity contribution in [3.05, 3.63) is 96.1 Å². The van der Waals surface area contributed by atoms with Crippen LogP contribution in [0.5, 0.6) is 5.88 Å². The molecule has 0 spiro atoms. The van der Waals surface area contributed by atoms with Gasteiger partial charge in [-0.15, -0.1) is 0 Å². The maximum absolute atomic E-state index is 13.1. The summed E-state index contributed by atoms with van der Waals surface area (Å²) in [5, 5.41) is 14.3. The first-order chi connectivity index (χ1) is 17.9. The van der Waals surface area contributed by atoms with Crippen LogP contribution in [0, 0.1) is 11.3 Å². The number of halogens is 3. The van der Waals surface area contributed by atoms with E-state index in [2.05, 4.69) is 29.3 Å². The molecule has 0 N–H and O–H groups in total. The van der Waals surface area contributed by atoms with Gasteiger partial charge in [-0.05, 0) is 51.4 Å². The zero-order valence-corrected chi connectivity index (χ0v) is 19.4. The van der Waals surface area contributed by atoms with Gasteiger partial charge in [-0.25, -0.2) is 4.98 Å². The molecule has 1 aromatic heterocycles. The van der Waals surface area contributed by atoms with Crippen molar-refractivity contribution in [3.63, 3.8) is 0 Å². The number of epoxide rings is 1. The number of hydrogen-bond donors (Lipinski definition) is 0. The molecule has 2 heterocycles. The predicted octanol–water partition coefficient (Wildman–Crippen LogP) is 7.39. The summed E-state index contributed by atoms with van der Waals surface area (Å²) in [7, 11) is 0. The van der Waals surface area contributed by atoms with Gasteiger partial charge in [0, 0.05) is 11.1 Å². The smallest absolute Gasteiger partial charge is 0.416 e. The molecule has 4 nitrogen and oxygen atoms in total. The molecular formula is C30H19F3N2O2. The summed E-state index contributed by atoms with van der Waals surface area (Å²) in [5.74, 6) is 0.129. The number of rotatable bonds is 5. The molecule has 37 heavy (non-hydrogen) atoms. The molecular weight excluding hydrogens is 477 g/mol. The molecule has 1 fully saturated rings. The number of benzene rings is 4. The molecule has 1 atom stereocenters. The number of fused-ring (bicyclic) bond motifs is 3. The first kappa shape index (κ1) is 23.0. The van der Waals surface area contributed by atoms with Crippen molar-refractivity contribution < 1.29 is 22.6 Å². The molecule has 1 aliphatic heterocycles. The molecule has 6 rings (SSSR count). The third kappa shape index (κ3) is 4.48. The highest BCUT2D eigenvalue weighted by molar-refractivity contribution is 6.08. The van der Waals surface area contributed by atoms with Crippen LogP contribution in [-0.2, 0) is 10.9 Å².